The Morgan fingerprint density at radius 1 is 1.47 bits per heavy atom. The molecule has 4 nitrogen and oxygen atoms in total. The van der Waals surface area contributed by atoms with Crippen molar-refractivity contribution in [2.24, 2.45) is 5.73 Å². The Kier molecular flexibility index (Phi) is 7.50. The predicted molar refractivity (Wildman–Crippen MR) is 75.6 cm³/mol. The maximum atomic E-state index is 12.3. The maximum absolute atomic E-state index is 12.3. The molecule has 0 radical (unpaired) electrons. The third kappa shape index (κ3) is 6.07. The highest BCUT2D eigenvalue weighted by atomic mass is 32.2. The highest BCUT2D eigenvalue weighted by molar-refractivity contribution is 7.97. The summed E-state index contributed by atoms with van der Waals surface area (Å²) in [4.78, 5) is 1.04. The molecule has 1 aromatic rings. The van der Waals surface area contributed by atoms with Crippen LogP contribution in [0.4, 0.5) is 4.39 Å². The Balaban J connectivity index is 2.43. The molecule has 0 aromatic heterocycles. The lowest BCUT2D eigenvalue weighted by Gasteiger charge is -2.11. The highest BCUT2D eigenvalue weighted by Crippen LogP contribution is 2.20. The average molecular weight is 286 g/mol. The number of nitrogens with one attached hydrogen (secondary N) is 1. The van der Waals surface area contributed by atoms with Gasteiger partial charge in [0.1, 0.15) is 18.6 Å². The number of methoxy groups -OCH3 is 1. The van der Waals surface area contributed by atoms with Crippen LogP contribution in [0.15, 0.2) is 41.1 Å². The third-order valence-electron chi connectivity index (χ3n) is 2.36. The molecule has 0 spiro atoms. The molecule has 0 bridgehead atoms. The maximum Gasteiger partial charge on any atom is 0.119 e. The Bertz CT molecular complexity index is 398. The minimum absolute atomic E-state index is 0.0252. The van der Waals surface area contributed by atoms with Crippen LogP contribution in [0, 0.1) is 0 Å². The molecule has 0 fully saturated rings. The van der Waals surface area contributed by atoms with E-state index in [-0.39, 0.29) is 19.4 Å². The van der Waals surface area contributed by atoms with E-state index in [1.807, 2.05) is 31.2 Å². The standard InChI is InChI=1S/C13H19FN2O2S/c1-10(17-2)16-19-13-5-3-12(4-6-13)18-9-11(7-14)8-15/h3-7,10,16H,8-9,15H2,1-2H3/b11-7+. The minimum Gasteiger partial charge on any atom is -0.489 e. The van der Waals surface area contributed by atoms with Gasteiger partial charge in [-0.2, -0.15) is 0 Å². The van der Waals surface area contributed by atoms with Crippen LogP contribution in [0.25, 0.3) is 0 Å². The minimum atomic E-state index is -0.0252. The van der Waals surface area contributed by atoms with E-state index in [1.165, 1.54) is 11.9 Å². The number of hydrogen-bond acceptors (Lipinski definition) is 5. The van der Waals surface area contributed by atoms with E-state index in [0.717, 1.165) is 4.90 Å². The van der Waals surface area contributed by atoms with Gasteiger partial charge in [-0.25, -0.2) is 9.11 Å². The summed E-state index contributed by atoms with van der Waals surface area (Å²) in [6.07, 6.45) is 0.461. The average Bonchev–Trinajstić information content (AvgIpc) is 2.47. The zero-order chi connectivity index (χ0) is 14.1. The van der Waals surface area contributed by atoms with E-state index in [2.05, 4.69) is 4.72 Å². The first-order valence-electron chi connectivity index (χ1n) is 5.85. The first kappa shape index (κ1) is 16.0. The van der Waals surface area contributed by atoms with Crippen LogP contribution >= 0.6 is 11.9 Å². The molecule has 1 rings (SSSR count). The molecule has 0 aliphatic heterocycles. The molecule has 0 saturated carbocycles. The first-order chi connectivity index (χ1) is 9.19. The molecular formula is C13H19FN2O2S. The number of hydrogen-bond donors (Lipinski definition) is 2. The van der Waals surface area contributed by atoms with Gasteiger partial charge in [-0.1, -0.05) is 0 Å². The Labute approximate surface area is 117 Å². The van der Waals surface area contributed by atoms with Gasteiger partial charge in [-0.15, -0.1) is 0 Å². The van der Waals surface area contributed by atoms with Gasteiger partial charge >= 0.3 is 0 Å². The summed E-state index contributed by atoms with van der Waals surface area (Å²) in [5, 5.41) is 0. The Morgan fingerprint density at radius 3 is 2.68 bits per heavy atom. The molecule has 1 atom stereocenters. The van der Waals surface area contributed by atoms with Crippen molar-refractivity contribution in [3.05, 3.63) is 36.2 Å². The van der Waals surface area contributed by atoms with E-state index < -0.39 is 0 Å². The van der Waals surface area contributed by atoms with Crippen molar-refractivity contribution in [3.8, 4) is 5.75 Å². The number of rotatable bonds is 8. The van der Waals surface area contributed by atoms with Crippen LogP contribution in [-0.2, 0) is 4.74 Å². The van der Waals surface area contributed by atoms with Gasteiger partial charge in [-0.05, 0) is 43.1 Å². The van der Waals surface area contributed by atoms with E-state index in [1.54, 1.807) is 7.11 Å². The van der Waals surface area contributed by atoms with E-state index in [4.69, 9.17) is 15.2 Å². The smallest absolute Gasteiger partial charge is 0.119 e. The lowest BCUT2D eigenvalue weighted by Crippen LogP contribution is -2.20. The second-order valence-corrected chi connectivity index (χ2v) is 4.74. The summed E-state index contributed by atoms with van der Waals surface area (Å²) < 4.78 is 25.9. The molecule has 19 heavy (non-hydrogen) atoms. The molecule has 1 aromatic carbocycles. The molecule has 6 heteroatoms. The quantitative estimate of drug-likeness (QED) is 0.568. The SMILES string of the molecule is COC(C)NSc1ccc(OC/C(=C/F)CN)cc1. The van der Waals surface area contributed by atoms with E-state index in [0.29, 0.717) is 17.7 Å². The molecule has 3 N–H and O–H groups in total. The second kappa shape index (κ2) is 8.92. The molecule has 106 valence electrons. The monoisotopic (exact) mass is 286 g/mol. The fourth-order valence-corrected chi connectivity index (χ4v) is 1.78. The van der Waals surface area contributed by atoms with Gasteiger partial charge in [-0.3, -0.25) is 0 Å². The predicted octanol–water partition coefficient (Wildman–Crippen LogP) is 2.47. The normalized spacial score (nSPS) is 13.4. The van der Waals surface area contributed by atoms with Gasteiger partial charge in [0.05, 0.1) is 6.33 Å². The van der Waals surface area contributed by atoms with Crippen molar-refractivity contribution in [1.82, 2.24) is 4.72 Å². The summed E-state index contributed by atoms with van der Waals surface area (Å²) in [6, 6.07) is 7.48. The molecule has 0 heterocycles. The number of ether oxygens (including phenoxy) is 2. The fraction of sp³-hybridized carbons (Fsp3) is 0.385. The largest absolute Gasteiger partial charge is 0.489 e. The van der Waals surface area contributed by atoms with Crippen LogP contribution in [0.5, 0.6) is 5.75 Å². The van der Waals surface area contributed by atoms with Crippen LogP contribution in [-0.4, -0.2) is 26.5 Å². The van der Waals surface area contributed by atoms with Crippen molar-refractivity contribution >= 4 is 11.9 Å². The lowest BCUT2D eigenvalue weighted by molar-refractivity contribution is 0.112. The highest BCUT2D eigenvalue weighted by Gasteiger charge is 2.01. The molecule has 0 aliphatic carbocycles. The number of halogens is 1. The zero-order valence-electron chi connectivity index (χ0n) is 11.1. The van der Waals surface area contributed by atoms with Crippen molar-refractivity contribution in [1.29, 1.82) is 0 Å². The lowest BCUT2D eigenvalue weighted by atomic mass is 10.3. The molecular weight excluding hydrogens is 267 g/mol. The molecule has 0 aliphatic rings. The third-order valence-corrected chi connectivity index (χ3v) is 3.32. The van der Waals surface area contributed by atoms with Gasteiger partial charge < -0.3 is 15.2 Å². The summed E-state index contributed by atoms with van der Waals surface area (Å²) in [7, 11) is 1.64. The molecule has 0 saturated heterocycles. The van der Waals surface area contributed by atoms with Crippen LogP contribution in [0.1, 0.15) is 6.92 Å². The van der Waals surface area contributed by atoms with Crippen LogP contribution in [0.2, 0.25) is 0 Å². The summed E-state index contributed by atoms with van der Waals surface area (Å²) in [6.45, 7) is 2.24. The van der Waals surface area contributed by atoms with Gasteiger partial charge in [0.15, 0.2) is 0 Å². The summed E-state index contributed by atoms with van der Waals surface area (Å²) >= 11 is 1.47. The number of benzene rings is 1. The van der Waals surface area contributed by atoms with Crippen molar-refractivity contribution < 1.29 is 13.9 Å². The van der Waals surface area contributed by atoms with Crippen molar-refractivity contribution in [2.75, 3.05) is 20.3 Å². The first-order valence-corrected chi connectivity index (χ1v) is 6.67. The molecule has 1 unspecified atom stereocenters. The van der Waals surface area contributed by atoms with E-state index in [9.17, 15) is 4.39 Å². The van der Waals surface area contributed by atoms with Crippen LogP contribution < -0.4 is 15.2 Å². The molecule has 0 amide bonds. The van der Waals surface area contributed by atoms with Crippen molar-refractivity contribution in [3.63, 3.8) is 0 Å². The van der Waals surface area contributed by atoms with Crippen molar-refractivity contribution in [2.45, 2.75) is 18.0 Å². The number of nitrogens with two attached hydrogens (primary N) is 1. The van der Waals surface area contributed by atoms with E-state index >= 15 is 0 Å². The Morgan fingerprint density at radius 2 is 2.16 bits per heavy atom. The van der Waals surface area contributed by atoms with Gasteiger partial charge in [0.25, 0.3) is 0 Å². The fourth-order valence-electron chi connectivity index (χ4n) is 1.11. The second-order valence-electron chi connectivity index (χ2n) is 3.83. The van der Waals surface area contributed by atoms with Gasteiger partial charge in [0.2, 0.25) is 0 Å². The van der Waals surface area contributed by atoms with Gasteiger partial charge in [0, 0.05) is 24.1 Å². The summed E-state index contributed by atoms with van der Waals surface area (Å²) in [5.74, 6) is 0.678. The topological polar surface area (TPSA) is 56.5 Å². The Hall–Kier alpha value is -1.08. The summed E-state index contributed by atoms with van der Waals surface area (Å²) in [5.41, 5.74) is 5.77. The zero-order valence-corrected chi connectivity index (χ0v) is 11.9. The van der Waals surface area contributed by atoms with Crippen LogP contribution in [0.3, 0.4) is 0 Å².